The van der Waals surface area contributed by atoms with Gasteiger partial charge in [-0.1, -0.05) is 37.1 Å². The molecule has 3 aromatic rings. The fourth-order valence-electron chi connectivity index (χ4n) is 4.30. The molecule has 1 aliphatic rings. The molecular weight excluding hydrogens is 374 g/mol. The van der Waals surface area contributed by atoms with Crippen molar-refractivity contribution in [1.82, 2.24) is 19.9 Å². The van der Waals surface area contributed by atoms with Gasteiger partial charge < -0.3 is 10.2 Å². The highest BCUT2D eigenvalue weighted by atomic mass is 16.1. The number of anilines is 1. The lowest BCUT2D eigenvalue weighted by molar-refractivity contribution is -0.125. The SMILES string of the molecule is CCCCNC(=O)C1CCCN(c2nccn3nc(-c4ccc(C)cc4C)cc23)C1. The van der Waals surface area contributed by atoms with Crippen LogP contribution in [0.3, 0.4) is 0 Å². The van der Waals surface area contributed by atoms with Crippen LogP contribution in [-0.2, 0) is 4.79 Å². The number of carbonyl (C=O) groups is 1. The third-order valence-electron chi connectivity index (χ3n) is 5.95. The van der Waals surface area contributed by atoms with Gasteiger partial charge in [-0.2, -0.15) is 5.10 Å². The van der Waals surface area contributed by atoms with Gasteiger partial charge in [-0.25, -0.2) is 9.50 Å². The summed E-state index contributed by atoms with van der Waals surface area (Å²) in [5.74, 6) is 1.09. The number of benzene rings is 1. The minimum Gasteiger partial charge on any atom is -0.356 e. The molecule has 1 unspecified atom stereocenters. The molecule has 0 spiro atoms. The monoisotopic (exact) mass is 405 g/mol. The maximum atomic E-state index is 12.6. The Hall–Kier alpha value is -2.89. The molecule has 1 amide bonds. The summed E-state index contributed by atoms with van der Waals surface area (Å²) in [6.07, 6.45) is 7.74. The number of piperidine rings is 1. The number of amides is 1. The minimum absolute atomic E-state index is 0.0133. The second-order valence-electron chi connectivity index (χ2n) is 8.36. The van der Waals surface area contributed by atoms with Crippen molar-refractivity contribution in [2.45, 2.75) is 46.5 Å². The predicted octanol–water partition coefficient (Wildman–Crippen LogP) is 4.15. The largest absolute Gasteiger partial charge is 0.356 e. The molecule has 4 rings (SSSR count). The Kier molecular flexibility index (Phi) is 6.02. The van der Waals surface area contributed by atoms with Crippen molar-refractivity contribution >= 4 is 17.2 Å². The fourth-order valence-corrected chi connectivity index (χ4v) is 4.30. The van der Waals surface area contributed by atoms with Crippen molar-refractivity contribution in [3.05, 3.63) is 47.8 Å². The minimum atomic E-state index is 0.0133. The summed E-state index contributed by atoms with van der Waals surface area (Å²) in [5.41, 5.74) is 5.54. The molecule has 1 aromatic carbocycles. The highest BCUT2D eigenvalue weighted by Crippen LogP contribution is 2.29. The van der Waals surface area contributed by atoms with Gasteiger partial charge in [-0.15, -0.1) is 0 Å². The maximum absolute atomic E-state index is 12.6. The summed E-state index contributed by atoms with van der Waals surface area (Å²) < 4.78 is 1.90. The summed E-state index contributed by atoms with van der Waals surface area (Å²) >= 11 is 0. The molecule has 2 aromatic heterocycles. The molecule has 0 aliphatic carbocycles. The topological polar surface area (TPSA) is 62.5 Å². The molecule has 0 bridgehead atoms. The molecule has 1 N–H and O–H groups in total. The molecule has 158 valence electrons. The van der Waals surface area contributed by atoms with Crippen LogP contribution in [0.2, 0.25) is 0 Å². The Morgan fingerprint density at radius 3 is 2.93 bits per heavy atom. The third kappa shape index (κ3) is 4.18. The summed E-state index contributed by atoms with van der Waals surface area (Å²) in [6.45, 7) is 8.75. The third-order valence-corrected chi connectivity index (χ3v) is 5.95. The smallest absolute Gasteiger partial charge is 0.224 e. The van der Waals surface area contributed by atoms with Crippen LogP contribution in [0.25, 0.3) is 16.8 Å². The molecule has 6 heteroatoms. The lowest BCUT2D eigenvalue weighted by Gasteiger charge is -2.33. The first-order chi connectivity index (χ1) is 14.6. The summed E-state index contributed by atoms with van der Waals surface area (Å²) in [6, 6.07) is 8.56. The van der Waals surface area contributed by atoms with E-state index < -0.39 is 0 Å². The van der Waals surface area contributed by atoms with Gasteiger partial charge in [0, 0.05) is 37.6 Å². The molecule has 1 fully saturated rings. The fraction of sp³-hybridized carbons (Fsp3) is 0.458. The molecule has 6 nitrogen and oxygen atoms in total. The Labute approximate surface area is 178 Å². The number of nitrogens with zero attached hydrogens (tertiary/aromatic N) is 4. The van der Waals surface area contributed by atoms with Gasteiger partial charge in [-0.3, -0.25) is 4.79 Å². The number of fused-ring (bicyclic) bond motifs is 1. The average Bonchev–Trinajstić information content (AvgIpc) is 3.18. The first kappa shape index (κ1) is 20.4. The van der Waals surface area contributed by atoms with Crippen molar-refractivity contribution < 1.29 is 4.79 Å². The lowest BCUT2D eigenvalue weighted by atomic mass is 9.97. The van der Waals surface area contributed by atoms with Crippen LogP contribution in [0.1, 0.15) is 43.7 Å². The van der Waals surface area contributed by atoms with Gasteiger partial charge in [0.15, 0.2) is 5.82 Å². The second kappa shape index (κ2) is 8.86. The maximum Gasteiger partial charge on any atom is 0.224 e. The highest BCUT2D eigenvalue weighted by Gasteiger charge is 2.27. The Balaban J connectivity index is 1.59. The van der Waals surface area contributed by atoms with Crippen LogP contribution in [0.15, 0.2) is 36.7 Å². The Morgan fingerprint density at radius 2 is 2.13 bits per heavy atom. The van der Waals surface area contributed by atoms with Crippen LogP contribution in [0.5, 0.6) is 0 Å². The van der Waals surface area contributed by atoms with Gasteiger partial charge >= 0.3 is 0 Å². The molecule has 0 saturated carbocycles. The molecule has 1 aliphatic heterocycles. The van der Waals surface area contributed by atoms with E-state index in [-0.39, 0.29) is 11.8 Å². The van der Waals surface area contributed by atoms with E-state index in [1.54, 1.807) is 6.20 Å². The van der Waals surface area contributed by atoms with Crippen molar-refractivity contribution in [1.29, 1.82) is 0 Å². The quantitative estimate of drug-likeness (QED) is 0.626. The van der Waals surface area contributed by atoms with Crippen LogP contribution in [0, 0.1) is 19.8 Å². The van der Waals surface area contributed by atoms with E-state index in [0.717, 1.165) is 61.4 Å². The van der Waals surface area contributed by atoms with Gasteiger partial charge in [0.1, 0.15) is 5.52 Å². The van der Waals surface area contributed by atoms with Crippen LogP contribution in [-0.4, -0.2) is 40.1 Å². The van der Waals surface area contributed by atoms with Crippen molar-refractivity contribution in [3.63, 3.8) is 0 Å². The number of unbranched alkanes of at least 4 members (excludes halogenated alkanes) is 1. The van der Waals surface area contributed by atoms with Gasteiger partial charge in [-0.05, 0) is 44.7 Å². The van der Waals surface area contributed by atoms with E-state index >= 15 is 0 Å². The molecule has 3 heterocycles. The summed E-state index contributed by atoms with van der Waals surface area (Å²) in [5, 5.41) is 7.90. The normalized spacial score (nSPS) is 16.8. The second-order valence-corrected chi connectivity index (χ2v) is 8.36. The van der Waals surface area contributed by atoms with Gasteiger partial charge in [0.05, 0.1) is 11.6 Å². The van der Waals surface area contributed by atoms with E-state index in [0.29, 0.717) is 6.54 Å². The van der Waals surface area contributed by atoms with Crippen LogP contribution < -0.4 is 10.2 Å². The highest BCUT2D eigenvalue weighted by molar-refractivity contribution is 5.81. The van der Waals surface area contributed by atoms with Crippen molar-refractivity contribution in [2.24, 2.45) is 5.92 Å². The number of rotatable bonds is 6. The predicted molar refractivity (Wildman–Crippen MR) is 121 cm³/mol. The number of hydrogen-bond acceptors (Lipinski definition) is 4. The molecule has 1 saturated heterocycles. The van der Waals surface area contributed by atoms with Gasteiger partial charge in [0.25, 0.3) is 0 Å². The number of nitrogens with one attached hydrogen (secondary N) is 1. The van der Waals surface area contributed by atoms with Crippen LogP contribution >= 0.6 is 0 Å². The number of carbonyl (C=O) groups excluding carboxylic acids is 1. The van der Waals surface area contributed by atoms with Crippen molar-refractivity contribution in [2.75, 3.05) is 24.5 Å². The lowest BCUT2D eigenvalue weighted by Crippen LogP contribution is -2.43. The number of aromatic nitrogens is 3. The van der Waals surface area contributed by atoms with Crippen LogP contribution in [0.4, 0.5) is 5.82 Å². The van der Waals surface area contributed by atoms with E-state index in [9.17, 15) is 4.79 Å². The van der Waals surface area contributed by atoms with E-state index in [2.05, 4.69) is 60.2 Å². The Morgan fingerprint density at radius 1 is 1.27 bits per heavy atom. The van der Waals surface area contributed by atoms with E-state index in [1.807, 2.05) is 10.7 Å². The zero-order valence-electron chi connectivity index (χ0n) is 18.2. The molecule has 30 heavy (non-hydrogen) atoms. The van der Waals surface area contributed by atoms with E-state index in [1.165, 1.54) is 11.1 Å². The van der Waals surface area contributed by atoms with E-state index in [4.69, 9.17) is 5.10 Å². The van der Waals surface area contributed by atoms with Crippen molar-refractivity contribution in [3.8, 4) is 11.3 Å². The number of hydrogen-bond donors (Lipinski definition) is 1. The summed E-state index contributed by atoms with van der Waals surface area (Å²) in [4.78, 5) is 19.5. The standard InChI is InChI=1S/C24H31N5O/c1-4-5-10-26-24(30)19-7-6-12-28(16-19)23-22-15-21(27-29(22)13-11-25-23)20-9-8-17(2)14-18(20)3/h8-9,11,13-15,19H,4-7,10,12,16H2,1-3H3,(H,26,30). The average molecular weight is 406 g/mol. The first-order valence-electron chi connectivity index (χ1n) is 11.0. The first-order valence-corrected chi connectivity index (χ1v) is 11.0. The Bertz CT molecular complexity index is 1040. The molecule has 1 atom stereocenters. The number of aryl methyl sites for hydroxylation is 2. The molecule has 0 radical (unpaired) electrons. The molecular formula is C24H31N5O. The van der Waals surface area contributed by atoms with Gasteiger partial charge in [0.2, 0.25) is 5.91 Å². The zero-order chi connectivity index (χ0) is 21.1. The zero-order valence-corrected chi connectivity index (χ0v) is 18.2. The summed E-state index contributed by atoms with van der Waals surface area (Å²) in [7, 11) is 0.